The second kappa shape index (κ2) is 36.7. The summed E-state index contributed by atoms with van der Waals surface area (Å²) in [6.07, 6.45) is 10.9. The second-order valence-electron chi connectivity index (χ2n) is 31.2. The van der Waals surface area contributed by atoms with Gasteiger partial charge in [-0.2, -0.15) is 5.10 Å². The van der Waals surface area contributed by atoms with Gasteiger partial charge in [-0.1, -0.05) is 413 Å². The van der Waals surface area contributed by atoms with Crippen LogP contribution in [-0.4, -0.2) is 23.5 Å². The summed E-state index contributed by atoms with van der Waals surface area (Å²) in [4.78, 5) is 10.4. The molecule has 0 aliphatic carbocycles. The molecule has 9 heteroatoms. The SMILES string of the molecule is c1ccc(-c2ccn(-c3ccccc3)c2-c2sc(-c3ccccc3)c3ccccc23)cc1.c1ccc(-c2cn(-c3ccccc3)cc2-c2sc(-c3ccccc3)c3ccccc23)cc1.c1ccc(-c2cnn(-c3ccccc3)c2-c2sc(-c3ccccc3)c3ccccc23)cc1.c1ccc(-c2sc(-c3ccn(-c4ccccc4)c3-c3ccccc3)c3ccccc23)cc1. The Bertz CT molecular complexity index is 7320. The van der Waals surface area contributed by atoms with Gasteiger partial charge in [0.05, 0.1) is 38.7 Å². The molecule has 24 rings (SSSR count). The third-order valence-corrected chi connectivity index (χ3v) is 28.5. The lowest BCUT2D eigenvalue weighted by molar-refractivity contribution is 0.890. The summed E-state index contributed by atoms with van der Waals surface area (Å²) in [5, 5.41) is 15.2. The van der Waals surface area contributed by atoms with Crippen LogP contribution in [0.3, 0.4) is 0 Å². The Balaban J connectivity index is 0.000000104. The first-order valence-corrected chi connectivity index (χ1v) is 46.3. The molecule has 0 fully saturated rings. The fourth-order valence-electron chi connectivity index (χ4n) is 17.4. The maximum atomic E-state index is 4.85. The fourth-order valence-corrected chi connectivity index (χ4v) is 22.6. The highest BCUT2D eigenvalue weighted by Gasteiger charge is 2.27. The summed E-state index contributed by atoms with van der Waals surface area (Å²) in [5.41, 5.74) is 24.2. The Kier molecular flexibility index (Phi) is 22.8. The van der Waals surface area contributed by atoms with Gasteiger partial charge in [-0.15, -0.1) is 45.3 Å². The average molecular weight is 1710 g/mol. The maximum Gasteiger partial charge on any atom is 0.0925 e. The minimum atomic E-state index is 1.06. The molecule has 608 valence electrons. The van der Waals surface area contributed by atoms with E-state index in [0.717, 1.165) is 16.9 Å². The predicted octanol–water partition coefficient (Wildman–Crippen LogP) is 34.2. The number of nitrogens with zero attached hydrogens (tertiary/aromatic N) is 5. The van der Waals surface area contributed by atoms with E-state index in [2.05, 4.69) is 510 Å². The van der Waals surface area contributed by atoms with E-state index in [-0.39, 0.29) is 0 Å². The smallest absolute Gasteiger partial charge is 0.0925 e. The first kappa shape index (κ1) is 79.6. The Morgan fingerprint density at radius 1 is 0.164 bits per heavy atom. The molecule has 0 saturated heterocycles. The molecule has 16 aromatic carbocycles. The van der Waals surface area contributed by atoms with Crippen LogP contribution < -0.4 is 0 Å². The van der Waals surface area contributed by atoms with E-state index in [1.807, 2.05) is 57.6 Å². The number of hydrogen-bond acceptors (Lipinski definition) is 5. The lowest BCUT2D eigenvalue weighted by atomic mass is 10.0. The minimum Gasteiger partial charge on any atom is -0.323 e. The van der Waals surface area contributed by atoms with Crippen LogP contribution in [0.5, 0.6) is 0 Å². The first-order chi connectivity index (χ1) is 63.6. The zero-order valence-electron chi connectivity index (χ0n) is 69.8. The largest absolute Gasteiger partial charge is 0.323 e. The molecule has 0 aliphatic rings. The standard InChI is InChI=1S/3C30H21NS.C29H20N2S/c1-4-12-22(13-5-1)27-20-31(24-16-8-3-9-17-24)21-28(27)30-26-19-11-10-18-25(26)29(32-30)23-14-6-2-7-15-23;1-4-12-22(13-5-1)25-20-21-31(24-16-8-3-9-17-24)28(25)30-27-19-11-10-18-26(27)29(32-30)23-14-6-2-7-15-23;1-4-12-22(13-5-1)28-27(20-21-31(28)24-16-8-3-9-17-24)30-26-19-11-10-18-25(26)29(32-30)23-14-6-2-7-15-23;1-4-12-21(13-5-1)26-20-30-31(23-16-8-3-9-17-23)27(26)29-25-19-11-10-18-24(25)28(32-29)22-14-6-2-7-15-22/h3*1-21H;1-20H. The molecule has 24 aromatic rings. The minimum absolute atomic E-state index is 1.06. The number of hydrogen-bond donors (Lipinski definition) is 0. The molecule has 8 heterocycles. The molecule has 0 aliphatic heterocycles. The van der Waals surface area contributed by atoms with Gasteiger partial charge in [-0.05, 0) is 105 Å². The molecule has 0 amide bonds. The molecule has 128 heavy (non-hydrogen) atoms. The van der Waals surface area contributed by atoms with Crippen LogP contribution in [0.15, 0.2) is 504 Å². The van der Waals surface area contributed by atoms with E-state index in [9.17, 15) is 0 Å². The average Bonchev–Trinajstić information content (AvgIpc) is 1.09. The lowest BCUT2D eigenvalue weighted by Crippen LogP contribution is -1.98. The van der Waals surface area contributed by atoms with Gasteiger partial charge in [0.2, 0.25) is 0 Å². The predicted molar refractivity (Wildman–Crippen MR) is 548 cm³/mol. The van der Waals surface area contributed by atoms with Crippen molar-refractivity contribution in [1.82, 2.24) is 23.5 Å². The normalized spacial score (nSPS) is 11.1. The Morgan fingerprint density at radius 2 is 0.414 bits per heavy atom. The van der Waals surface area contributed by atoms with Crippen molar-refractivity contribution in [3.8, 4) is 151 Å². The molecule has 0 radical (unpaired) electrons. The van der Waals surface area contributed by atoms with Gasteiger partial charge >= 0.3 is 0 Å². The molecule has 0 unspecified atom stereocenters. The molecular weight excluding hydrogens is 1630 g/mol. The first-order valence-electron chi connectivity index (χ1n) is 43.0. The van der Waals surface area contributed by atoms with Crippen molar-refractivity contribution < 1.29 is 0 Å². The van der Waals surface area contributed by atoms with Crippen molar-refractivity contribution in [3.63, 3.8) is 0 Å². The summed E-state index contributed by atoms with van der Waals surface area (Å²) < 4.78 is 8.96. The fraction of sp³-hybridized carbons (Fsp3) is 0. The highest BCUT2D eigenvalue weighted by molar-refractivity contribution is 7.22. The molecule has 0 bridgehead atoms. The van der Waals surface area contributed by atoms with Gasteiger partial charge < -0.3 is 13.7 Å². The van der Waals surface area contributed by atoms with Gasteiger partial charge in [0.1, 0.15) is 0 Å². The number of para-hydroxylation sites is 4. The van der Waals surface area contributed by atoms with Crippen LogP contribution >= 0.6 is 45.3 Å². The van der Waals surface area contributed by atoms with Crippen LogP contribution in [0.2, 0.25) is 0 Å². The van der Waals surface area contributed by atoms with E-state index < -0.39 is 0 Å². The van der Waals surface area contributed by atoms with Gasteiger partial charge in [0.15, 0.2) is 0 Å². The topological polar surface area (TPSA) is 32.6 Å². The monoisotopic (exact) mass is 1710 g/mol. The molecule has 5 nitrogen and oxygen atoms in total. The van der Waals surface area contributed by atoms with Crippen LogP contribution in [0, 0.1) is 0 Å². The van der Waals surface area contributed by atoms with Crippen molar-refractivity contribution in [3.05, 3.63) is 504 Å². The molecular formula is C119H83N5S4. The molecule has 0 saturated carbocycles. The Labute approximate surface area is 761 Å². The molecule has 0 N–H and O–H groups in total. The summed E-state index contributed by atoms with van der Waals surface area (Å²) in [7, 11) is 0. The lowest BCUT2D eigenvalue weighted by Gasteiger charge is -2.12. The Morgan fingerprint density at radius 3 is 0.789 bits per heavy atom. The van der Waals surface area contributed by atoms with E-state index in [0.29, 0.717) is 0 Å². The highest BCUT2D eigenvalue weighted by atomic mass is 32.1. The van der Waals surface area contributed by atoms with Crippen LogP contribution in [0.1, 0.15) is 0 Å². The number of benzene rings is 16. The third kappa shape index (κ3) is 16.0. The summed E-state index contributed by atoms with van der Waals surface area (Å²) in [6, 6.07) is 167. The van der Waals surface area contributed by atoms with E-state index in [1.165, 1.54) is 177 Å². The van der Waals surface area contributed by atoms with Crippen LogP contribution in [0.4, 0.5) is 0 Å². The van der Waals surface area contributed by atoms with E-state index in [1.54, 1.807) is 0 Å². The van der Waals surface area contributed by atoms with Crippen molar-refractivity contribution in [2.45, 2.75) is 0 Å². The number of thiophene rings is 4. The van der Waals surface area contributed by atoms with Gasteiger partial charge in [-0.25, -0.2) is 4.68 Å². The number of rotatable bonds is 16. The van der Waals surface area contributed by atoms with Gasteiger partial charge in [0, 0.05) is 142 Å². The zero-order valence-corrected chi connectivity index (χ0v) is 73.1. The van der Waals surface area contributed by atoms with E-state index in [4.69, 9.17) is 5.10 Å². The summed E-state index contributed by atoms with van der Waals surface area (Å²) >= 11 is 7.49. The molecule has 0 atom stereocenters. The van der Waals surface area contributed by atoms with Crippen molar-refractivity contribution in [2.75, 3.05) is 0 Å². The van der Waals surface area contributed by atoms with Crippen molar-refractivity contribution in [1.29, 1.82) is 0 Å². The molecule has 8 aromatic heterocycles. The van der Waals surface area contributed by atoms with Crippen LogP contribution in [-0.2, 0) is 0 Å². The maximum absolute atomic E-state index is 4.85. The summed E-state index contributed by atoms with van der Waals surface area (Å²) in [6.45, 7) is 0. The second-order valence-corrected chi connectivity index (χ2v) is 35.3. The number of aromatic nitrogens is 5. The van der Waals surface area contributed by atoms with Gasteiger partial charge in [0.25, 0.3) is 0 Å². The summed E-state index contributed by atoms with van der Waals surface area (Å²) in [5.74, 6) is 0. The number of fused-ring (bicyclic) bond motifs is 4. The quantitative estimate of drug-likeness (QED) is 0.0949. The molecule has 0 spiro atoms. The highest BCUT2D eigenvalue weighted by Crippen LogP contribution is 2.53. The van der Waals surface area contributed by atoms with Gasteiger partial charge in [-0.3, -0.25) is 0 Å². The van der Waals surface area contributed by atoms with Crippen molar-refractivity contribution >= 4 is 88.4 Å². The third-order valence-electron chi connectivity index (χ3n) is 23.3. The van der Waals surface area contributed by atoms with Crippen molar-refractivity contribution in [2.24, 2.45) is 0 Å². The zero-order chi connectivity index (χ0) is 85.3. The van der Waals surface area contributed by atoms with Crippen LogP contribution in [0.25, 0.3) is 194 Å². The Hall–Kier alpha value is -15.6. The van der Waals surface area contributed by atoms with E-state index >= 15 is 0 Å².